The molecule has 8 heteroatoms. The van der Waals surface area contributed by atoms with Gasteiger partial charge in [-0.2, -0.15) is 0 Å². The zero-order valence-electron chi connectivity index (χ0n) is 12.0. The van der Waals surface area contributed by atoms with E-state index < -0.39 is 5.97 Å². The maximum Gasteiger partial charge on any atom is 0.358 e. The Bertz CT molecular complexity index is 864. The molecule has 0 saturated carbocycles. The normalized spacial score (nSPS) is 10.5. The van der Waals surface area contributed by atoms with Gasteiger partial charge in [-0.1, -0.05) is 16.8 Å². The van der Waals surface area contributed by atoms with Gasteiger partial charge in [0.2, 0.25) is 0 Å². The quantitative estimate of drug-likeness (QED) is 0.791. The Labute approximate surface area is 136 Å². The smallest absolute Gasteiger partial charge is 0.358 e. The number of carboxylic acid groups (broad SMARTS) is 1. The Kier molecular flexibility index (Phi) is 3.94. The van der Waals surface area contributed by atoms with Crippen molar-refractivity contribution in [1.29, 1.82) is 0 Å². The maximum absolute atomic E-state index is 11.4. The van der Waals surface area contributed by atoms with Crippen molar-refractivity contribution >= 4 is 17.6 Å². The lowest BCUT2D eigenvalue weighted by Gasteiger charge is -2.09. The van der Waals surface area contributed by atoms with Crippen LogP contribution in [0.1, 0.15) is 10.5 Å². The van der Waals surface area contributed by atoms with Crippen LogP contribution in [-0.4, -0.2) is 38.2 Å². The number of aromatic carboxylic acids is 1. The first kappa shape index (κ1) is 15.0. The average Bonchev–Trinajstić information content (AvgIpc) is 3.00. The lowest BCUT2D eigenvalue weighted by atomic mass is 10.1. The van der Waals surface area contributed by atoms with Crippen LogP contribution in [0.25, 0.3) is 16.9 Å². The second-order valence-electron chi connectivity index (χ2n) is 4.56. The zero-order chi connectivity index (χ0) is 16.4. The van der Waals surface area contributed by atoms with Crippen molar-refractivity contribution in [3.63, 3.8) is 0 Å². The number of ether oxygens (including phenoxy) is 1. The number of methoxy groups -OCH3 is 1. The zero-order valence-corrected chi connectivity index (χ0v) is 12.7. The van der Waals surface area contributed by atoms with Crippen molar-refractivity contribution in [3.8, 4) is 22.7 Å². The van der Waals surface area contributed by atoms with Gasteiger partial charge in [-0.3, -0.25) is 4.98 Å². The Balaban J connectivity index is 2.21. The lowest BCUT2D eigenvalue weighted by molar-refractivity contribution is 0.0691. The molecule has 1 aromatic carbocycles. The fourth-order valence-corrected chi connectivity index (χ4v) is 2.41. The summed E-state index contributed by atoms with van der Waals surface area (Å²) in [5, 5.41) is 17.4. The van der Waals surface area contributed by atoms with Crippen molar-refractivity contribution in [2.45, 2.75) is 0 Å². The van der Waals surface area contributed by atoms with Crippen molar-refractivity contribution in [1.82, 2.24) is 20.0 Å². The first-order valence-electron chi connectivity index (χ1n) is 6.55. The molecular weight excluding hydrogens is 320 g/mol. The fraction of sp³-hybridized carbons (Fsp3) is 0.0667. The number of aromatic nitrogens is 4. The molecule has 0 atom stereocenters. The van der Waals surface area contributed by atoms with E-state index in [1.54, 1.807) is 42.7 Å². The van der Waals surface area contributed by atoms with E-state index in [2.05, 4.69) is 15.3 Å². The van der Waals surface area contributed by atoms with Crippen LogP contribution in [0.2, 0.25) is 5.02 Å². The molecule has 0 spiro atoms. The van der Waals surface area contributed by atoms with E-state index in [1.807, 2.05) is 0 Å². The summed E-state index contributed by atoms with van der Waals surface area (Å²) in [6, 6.07) is 8.40. The summed E-state index contributed by atoms with van der Waals surface area (Å²) in [6.07, 6.45) is 3.14. The largest absolute Gasteiger partial charge is 0.495 e. The Morgan fingerprint density at radius 2 is 2.00 bits per heavy atom. The van der Waals surface area contributed by atoms with E-state index in [1.165, 1.54) is 11.8 Å². The van der Waals surface area contributed by atoms with Gasteiger partial charge in [-0.05, 0) is 30.3 Å². The van der Waals surface area contributed by atoms with Crippen molar-refractivity contribution in [2.75, 3.05) is 7.11 Å². The van der Waals surface area contributed by atoms with Crippen LogP contribution >= 0.6 is 11.6 Å². The van der Waals surface area contributed by atoms with Crippen LogP contribution in [0.5, 0.6) is 5.75 Å². The highest BCUT2D eigenvalue weighted by molar-refractivity contribution is 6.32. The minimum Gasteiger partial charge on any atom is -0.495 e. The Morgan fingerprint density at radius 3 is 2.61 bits per heavy atom. The molecule has 3 rings (SSSR count). The summed E-state index contributed by atoms with van der Waals surface area (Å²) >= 11 is 6.13. The first-order chi connectivity index (χ1) is 11.1. The van der Waals surface area contributed by atoms with Crippen LogP contribution in [0.4, 0.5) is 0 Å². The summed E-state index contributed by atoms with van der Waals surface area (Å²) < 4.78 is 6.54. The highest BCUT2D eigenvalue weighted by Gasteiger charge is 2.21. The fourth-order valence-electron chi connectivity index (χ4n) is 2.16. The number of carbonyl (C=O) groups is 1. The van der Waals surface area contributed by atoms with Gasteiger partial charge in [-0.15, -0.1) is 5.10 Å². The summed E-state index contributed by atoms with van der Waals surface area (Å²) in [5.41, 5.74) is 1.40. The summed E-state index contributed by atoms with van der Waals surface area (Å²) in [7, 11) is 1.52. The molecule has 0 saturated heterocycles. The summed E-state index contributed by atoms with van der Waals surface area (Å²) in [4.78, 5) is 15.4. The Morgan fingerprint density at radius 1 is 1.26 bits per heavy atom. The van der Waals surface area contributed by atoms with Crippen molar-refractivity contribution in [2.24, 2.45) is 0 Å². The van der Waals surface area contributed by atoms with Gasteiger partial charge in [0, 0.05) is 18.0 Å². The third-order valence-corrected chi connectivity index (χ3v) is 3.50. The predicted octanol–water partition coefficient (Wildman–Crippen LogP) is 2.69. The van der Waals surface area contributed by atoms with Gasteiger partial charge in [0.05, 0.1) is 17.8 Å². The number of carboxylic acids is 1. The van der Waals surface area contributed by atoms with Crippen LogP contribution in [-0.2, 0) is 0 Å². The van der Waals surface area contributed by atoms with E-state index >= 15 is 0 Å². The third-order valence-electron chi connectivity index (χ3n) is 3.21. The van der Waals surface area contributed by atoms with Gasteiger partial charge in [0.1, 0.15) is 11.4 Å². The van der Waals surface area contributed by atoms with E-state index in [0.717, 1.165) is 0 Å². The highest BCUT2D eigenvalue weighted by atomic mass is 35.5. The number of pyridine rings is 1. The average molecular weight is 331 g/mol. The highest BCUT2D eigenvalue weighted by Crippen LogP contribution is 2.30. The molecule has 2 heterocycles. The molecule has 116 valence electrons. The van der Waals surface area contributed by atoms with Gasteiger partial charge < -0.3 is 9.84 Å². The van der Waals surface area contributed by atoms with Crippen molar-refractivity contribution in [3.05, 3.63) is 53.4 Å². The van der Waals surface area contributed by atoms with Gasteiger partial charge >= 0.3 is 5.97 Å². The van der Waals surface area contributed by atoms with Crippen LogP contribution in [0, 0.1) is 0 Å². The van der Waals surface area contributed by atoms with Gasteiger partial charge in [0.25, 0.3) is 0 Å². The molecule has 0 aliphatic heterocycles. The van der Waals surface area contributed by atoms with Crippen LogP contribution in [0.15, 0.2) is 42.7 Å². The molecule has 0 unspecified atom stereocenters. The molecule has 1 N–H and O–H groups in total. The minimum atomic E-state index is -1.16. The molecule has 2 aromatic heterocycles. The topological polar surface area (TPSA) is 90.1 Å². The second kappa shape index (κ2) is 6.05. The number of halogens is 1. The standard InChI is InChI=1S/C15H11ClN4O3/c1-23-12-3-2-10(8-11(12)16)20-14(9-4-6-17-7-5-9)13(15(21)22)18-19-20/h2-8H,1H3,(H,21,22). The molecule has 0 fully saturated rings. The second-order valence-corrected chi connectivity index (χ2v) is 4.97. The minimum absolute atomic E-state index is 0.150. The van der Waals surface area contributed by atoms with E-state index in [4.69, 9.17) is 16.3 Å². The summed E-state index contributed by atoms with van der Waals surface area (Å²) in [5.74, 6) is -0.651. The summed E-state index contributed by atoms with van der Waals surface area (Å²) in [6.45, 7) is 0. The molecule has 0 amide bonds. The third kappa shape index (κ3) is 2.74. The van der Waals surface area contributed by atoms with Crippen LogP contribution < -0.4 is 4.74 Å². The SMILES string of the molecule is COc1ccc(-n2nnc(C(=O)O)c2-c2ccncc2)cc1Cl. The Hall–Kier alpha value is -2.93. The molecule has 0 aliphatic rings. The maximum atomic E-state index is 11.4. The molecule has 0 radical (unpaired) electrons. The van der Waals surface area contributed by atoms with Gasteiger partial charge in [-0.25, -0.2) is 9.48 Å². The first-order valence-corrected chi connectivity index (χ1v) is 6.93. The molecular formula is C15H11ClN4O3. The lowest BCUT2D eigenvalue weighted by Crippen LogP contribution is -2.03. The monoisotopic (exact) mass is 330 g/mol. The number of hydrogen-bond acceptors (Lipinski definition) is 5. The number of hydrogen-bond donors (Lipinski definition) is 1. The van der Waals surface area contributed by atoms with E-state index in [9.17, 15) is 9.90 Å². The molecule has 0 bridgehead atoms. The van der Waals surface area contributed by atoms with Crippen LogP contribution in [0.3, 0.4) is 0 Å². The molecule has 0 aliphatic carbocycles. The van der Waals surface area contributed by atoms with E-state index in [-0.39, 0.29) is 5.69 Å². The van der Waals surface area contributed by atoms with E-state index in [0.29, 0.717) is 27.7 Å². The molecule has 7 nitrogen and oxygen atoms in total. The van der Waals surface area contributed by atoms with Gasteiger partial charge in [0.15, 0.2) is 5.69 Å². The number of benzene rings is 1. The van der Waals surface area contributed by atoms with Crippen molar-refractivity contribution < 1.29 is 14.6 Å². The number of nitrogens with zero attached hydrogens (tertiary/aromatic N) is 4. The number of rotatable bonds is 4. The predicted molar refractivity (Wildman–Crippen MR) is 83.1 cm³/mol. The molecule has 23 heavy (non-hydrogen) atoms. The molecule has 3 aromatic rings.